The van der Waals surface area contributed by atoms with Crippen LogP contribution in [-0.2, 0) is 37.9 Å². The molecule has 10 radical (unpaired) electrons. The second-order valence-corrected chi connectivity index (χ2v) is 12.8. The van der Waals surface area contributed by atoms with E-state index in [9.17, 15) is 12.6 Å². The average molecular weight is 516 g/mol. The maximum atomic E-state index is 12.9. The molecule has 2 atom stereocenters. The number of nitrogens with one attached hydrogen (secondary N) is 1. The van der Waals surface area contributed by atoms with E-state index in [1.165, 1.54) is 0 Å². The molecular formula is C25H33FeNO3S2+2. The molecule has 2 aliphatic carbocycles. The van der Waals surface area contributed by atoms with Crippen LogP contribution in [0.4, 0.5) is 0 Å². The molecule has 0 amide bonds. The van der Waals surface area contributed by atoms with Gasteiger partial charge in [-0.1, -0.05) is 31.5 Å². The molecule has 1 aromatic rings. The zero-order chi connectivity index (χ0) is 23.2. The molecule has 1 N–H and O–H groups in total. The Labute approximate surface area is 210 Å². The Hall–Kier alpha value is -0.201. The van der Waals surface area contributed by atoms with Gasteiger partial charge >= 0.3 is 17.1 Å². The van der Waals surface area contributed by atoms with E-state index < -0.39 is 31.6 Å². The summed E-state index contributed by atoms with van der Waals surface area (Å²) in [5, 5.41) is 0.697. The van der Waals surface area contributed by atoms with Crippen molar-refractivity contribution in [2.75, 3.05) is 0 Å². The fraction of sp³-hybridized carbons (Fsp3) is 0.360. The molecule has 0 unspecified atom stereocenters. The standard InChI is InChI=1S/C20H28NO3S2.C5H5.Fe/c1-14(2)19(17-8-7-9-18(17)25(22)20(4,5)6)21-26(23,24)16-12-10-15(3)11-13-16;1-2-4-5-3-1;/h7-14,19,21H,1-6H3;1-5H;/q;;+2/t19-,25-;;/m0../s1. The van der Waals surface area contributed by atoms with Gasteiger partial charge in [-0.2, -0.15) is 0 Å². The third-order valence-electron chi connectivity index (χ3n) is 4.73. The summed E-state index contributed by atoms with van der Waals surface area (Å²) < 4.78 is 41.0. The van der Waals surface area contributed by atoms with E-state index in [0.717, 1.165) is 11.5 Å². The third kappa shape index (κ3) is 8.54. The Bertz CT molecular complexity index is 805. The minimum Gasteiger partial charge on any atom is -0.258 e. The van der Waals surface area contributed by atoms with Crippen LogP contribution in [0.25, 0.3) is 0 Å². The van der Waals surface area contributed by atoms with Gasteiger partial charge in [-0.3, -0.25) is 4.21 Å². The predicted molar refractivity (Wildman–Crippen MR) is 129 cm³/mol. The molecule has 1 aromatic carbocycles. The second-order valence-electron chi connectivity index (χ2n) is 8.84. The number of aryl methyl sites for hydroxylation is 1. The Morgan fingerprint density at radius 1 is 0.875 bits per heavy atom. The van der Waals surface area contributed by atoms with Crippen LogP contribution in [0.2, 0.25) is 0 Å². The normalized spacial score (nSPS) is 19.8. The minimum atomic E-state index is -3.67. The van der Waals surface area contributed by atoms with Crippen molar-refractivity contribution >= 4 is 20.8 Å². The molecule has 0 aliphatic heterocycles. The molecule has 0 heterocycles. The minimum absolute atomic E-state index is 0. The Balaban J connectivity index is 0.000000750. The van der Waals surface area contributed by atoms with Crippen LogP contribution >= 0.6 is 0 Å². The van der Waals surface area contributed by atoms with Crippen LogP contribution in [0.3, 0.4) is 0 Å². The van der Waals surface area contributed by atoms with Gasteiger partial charge in [0, 0.05) is 27.5 Å². The molecule has 2 fully saturated rings. The monoisotopic (exact) mass is 515 g/mol. The first-order valence-corrected chi connectivity index (χ1v) is 13.0. The molecule has 0 aromatic heterocycles. The fourth-order valence-corrected chi connectivity index (χ4v) is 5.64. The summed E-state index contributed by atoms with van der Waals surface area (Å²) in [5.74, 6) is 0.789. The van der Waals surface area contributed by atoms with Crippen molar-refractivity contribution in [3.63, 3.8) is 0 Å². The van der Waals surface area contributed by atoms with Crippen molar-refractivity contribution in [1.29, 1.82) is 0 Å². The van der Waals surface area contributed by atoms with Crippen LogP contribution < -0.4 is 4.72 Å². The van der Waals surface area contributed by atoms with Gasteiger partial charge in [0.15, 0.2) is 0 Å². The summed E-state index contributed by atoms with van der Waals surface area (Å²) in [4.78, 5) is 0.235. The molecule has 7 heteroatoms. The van der Waals surface area contributed by atoms with Crippen LogP contribution in [0.5, 0.6) is 0 Å². The van der Waals surface area contributed by atoms with E-state index in [-0.39, 0.29) is 27.9 Å². The van der Waals surface area contributed by atoms with Gasteiger partial charge in [0.05, 0.1) is 10.1 Å². The summed E-state index contributed by atoms with van der Waals surface area (Å²) in [6.07, 6.45) is 15.5. The van der Waals surface area contributed by atoms with Gasteiger partial charge in [0.25, 0.3) is 0 Å². The maximum absolute atomic E-state index is 12.9. The Morgan fingerprint density at radius 3 is 1.81 bits per heavy atom. The number of hydrogen-bond donors (Lipinski definition) is 1. The predicted octanol–water partition coefficient (Wildman–Crippen LogP) is 4.60. The van der Waals surface area contributed by atoms with E-state index in [1.807, 2.05) is 92.9 Å². The van der Waals surface area contributed by atoms with Gasteiger partial charge < -0.3 is 0 Å². The molecule has 2 aliphatic rings. The largest absolute Gasteiger partial charge is 2.00 e. The summed E-state index contributed by atoms with van der Waals surface area (Å²) in [5.41, 5.74) is 1.00. The first kappa shape index (κ1) is 29.8. The molecule has 0 saturated heterocycles. The van der Waals surface area contributed by atoms with E-state index in [2.05, 4.69) is 4.72 Å². The topological polar surface area (TPSA) is 63.2 Å². The quantitative estimate of drug-likeness (QED) is 0.564. The van der Waals surface area contributed by atoms with Gasteiger partial charge in [-0.05, 0) is 97.1 Å². The number of hydrogen-bond acceptors (Lipinski definition) is 3. The van der Waals surface area contributed by atoms with Crippen LogP contribution in [0, 0.1) is 75.4 Å². The molecule has 2 saturated carbocycles. The summed E-state index contributed by atoms with van der Waals surface area (Å²) >= 11 is 0. The second kappa shape index (κ2) is 13.0. The zero-order valence-corrected chi connectivity index (χ0v) is 22.2. The molecule has 32 heavy (non-hydrogen) atoms. The molecule has 174 valence electrons. The van der Waals surface area contributed by atoms with Crippen molar-refractivity contribution in [2.45, 2.75) is 57.2 Å². The smallest absolute Gasteiger partial charge is 0.258 e. The van der Waals surface area contributed by atoms with Crippen molar-refractivity contribution < 1.29 is 29.7 Å². The van der Waals surface area contributed by atoms with Crippen molar-refractivity contribution in [3.05, 3.63) is 92.4 Å². The first-order valence-electron chi connectivity index (χ1n) is 10.4. The Kier molecular flexibility index (Phi) is 12.2. The number of sulfonamides is 1. The summed E-state index contributed by atoms with van der Waals surface area (Å²) in [6.45, 7) is 11.6. The average Bonchev–Trinajstić information content (AvgIpc) is 3.39. The van der Waals surface area contributed by atoms with E-state index in [0.29, 0.717) is 5.25 Å². The van der Waals surface area contributed by atoms with Crippen LogP contribution in [0.15, 0.2) is 29.2 Å². The fourth-order valence-electron chi connectivity index (χ4n) is 3.01. The SMILES string of the molecule is Cc1ccc(S(=O)(=O)N[C@H]([C]2[CH][CH][CH][C]2[S@](=O)C(C)(C)C)C(C)C)cc1.[CH]1[CH][CH][CH][CH]1.[Fe+2]. The van der Waals surface area contributed by atoms with Gasteiger partial charge in [0.2, 0.25) is 10.0 Å². The maximum Gasteiger partial charge on any atom is 2.00 e. The molecule has 3 rings (SSSR count). The summed E-state index contributed by atoms with van der Waals surface area (Å²) in [7, 11) is -4.90. The van der Waals surface area contributed by atoms with Crippen LogP contribution in [-0.4, -0.2) is 23.4 Å². The van der Waals surface area contributed by atoms with E-state index in [4.69, 9.17) is 0 Å². The zero-order valence-electron chi connectivity index (χ0n) is 19.5. The van der Waals surface area contributed by atoms with Crippen molar-refractivity contribution in [2.24, 2.45) is 5.92 Å². The van der Waals surface area contributed by atoms with Crippen LogP contribution in [0.1, 0.15) is 40.2 Å². The first-order chi connectivity index (χ1) is 14.4. The molecule has 0 bridgehead atoms. The van der Waals surface area contributed by atoms with E-state index in [1.54, 1.807) is 24.3 Å². The van der Waals surface area contributed by atoms with Gasteiger partial charge in [-0.15, -0.1) is 0 Å². The summed E-state index contributed by atoms with van der Waals surface area (Å²) in [6, 6.07) is 6.32. The molecule has 4 nitrogen and oxygen atoms in total. The van der Waals surface area contributed by atoms with Crippen molar-refractivity contribution in [1.82, 2.24) is 4.72 Å². The molecular weight excluding hydrogens is 482 g/mol. The van der Waals surface area contributed by atoms with Crippen molar-refractivity contribution in [3.8, 4) is 0 Å². The number of rotatable bonds is 6. The number of benzene rings is 1. The van der Waals surface area contributed by atoms with Gasteiger partial charge in [-0.25, -0.2) is 13.1 Å². The third-order valence-corrected chi connectivity index (χ3v) is 8.08. The van der Waals surface area contributed by atoms with Gasteiger partial charge in [0.1, 0.15) is 0 Å². The molecule has 0 spiro atoms. The Morgan fingerprint density at radius 2 is 1.38 bits per heavy atom. The van der Waals surface area contributed by atoms with E-state index >= 15 is 0 Å².